The van der Waals surface area contributed by atoms with Gasteiger partial charge in [-0.05, 0) is 0 Å². The van der Waals surface area contributed by atoms with E-state index in [1.54, 1.807) is 0 Å². The van der Waals surface area contributed by atoms with Gasteiger partial charge in [0.15, 0.2) is 0 Å². The maximum absolute atomic E-state index is 10.5. The Morgan fingerprint density at radius 2 is 2.11 bits per heavy atom. The molecule has 1 aliphatic heterocycles. The van der Waals surface area contributed by atoms with Crippen molar-refractivity contribution >= 4 is 22.9 Å². The highest BCUT2D eigenvalue weighted by atomic mass is 32.2. The minimum absolute atomic E-state index is 0.0987. The number of carbonyl (C=O) groups is 2. The first-order chi connectivity index (χ1) is 4.29. The predicted molar refractivity (Wildman–Crippen MR) is 34.0 cm³/mol. The molecule has 0 aromatic heterocycles. The number of amides is 2. The standard InChI is InChI=1S/C4H6N2O2S/c7-3-1-9-4(8)6-2-5-3/h1-2H2,(H,5,7)(H,6,8). The van der Waals surface area contributed by atoms with Crippen LogP contribution in [0.2, 0.25) is 0 Å². The van der Waals surface area contributed by atoms with Crippen LogP contribution in [0.25, 0.3) is 0 Å². The van der Waals surface area contributed by atoms with Crippen molar-refractivity contribution in [1.29, 1.82) is 0 Å². The fourth-order valence-corrected chi connectivity index (χ4v) is 0.987. The highest BCUT2D eigenvalue weighted by Crippen LogP contribution is 2.01. The maximum atomic E-state index is 10.5. The van der Waals surface area contributed by atoms with E-state index in [4.69, 9.17) is 0 Å². The molecule has 0 radical (unpaired) electrons. The third-order valence-corrected chi connectivity index (χ3v) is 1.67. The molecule has 50 valence electrons. The topological polar surface area (TPSA) is 58.2 Å². The number of hydrogen-bond donors (Lipinski definition) is 2. The summed E-state index contributed by atoms with van der Waals surface area (Å²) in [4.78, 5) is 21.0. The highest BCUT2D eigenvalue weighted by molar-refractivity contribution is 8.14. The third-order valence-electron chi connectivity index (χ3n) is 0.853. The van der Waals surface area contributed by atoms with E-state index < -0.39 is 0 Å². The van der Waals surface area contributed by atoms with E-state index in [0.29, 0.717) is 0 Å². The van der Waals surface area contributed by atoms with Gasteiger partial charge in [-0.3, -0.25) is 9.59 Å². The lowest BCUT2D eigenvalue weighted by molar-refractivity contribution is -0.118. The summed E-state index contributed by atoms with van der Waals surface area (Å²) >= 11 is 0.985. The zero-order chi connectivity index (χ0) is 6.69. The number of hydrogen-bond acceptors (Lipinski definition) is 3. The first-order valence-electron chi connectivity index (χ1n) is 2.46. The zero-order valence-corrected chi connectivity index (χ0v) is 5.46. The Labute approximate surface area is 56.4 Å². The molecule has 0 saturated carbocycles. The molecule has 1 saturated heterocycles. The van der Waals surface area contributed by atoms with Gasteiger partial charge >= 0.3 is 0 Å². The van der Waals surface area contributed by atoms with Crippen LogP contribution in [0.4, 0.5) is 4.79 Å². The summed E-state index contributed by atoms with van der Waals surface area (Å²) in [6.45, 7) is 0.255. The number of thioether (sulfide) groups is 1. The lowest BCUT2D eigenvalue weighted by Crippen LogP contribution is -2.31. The number of nitrogens with one attached hydrogen (secondary N) is 2. The summed E-state index contributed by atoms with van der Waals surface area (Å²) < 4.78 is 0. The minimum atomic E-state index is -0.145. The maximum Gasteiger partial charge on any atom is 0.280 e. The Bertz CT molecular complexity index is 132. The van der Waals surface area contributed by atoms with Gasteiger partial charge in [0.1, 0.15) is 0 Å². The molecule has 0 spiro atoms. The van der Waals surface area contributed by atoms with Crippen molar-refractivity contribution in [2.45, 2.75) is 0 Å². The second kappa shape index (κ2) is 2.72. The molecule has 5 heteroatoms. The van der Waals surface area contributed by atoms with Gasteiger partial charge in [-0.25, -0.2) is 0 Å². The molecule has 0 aromatic rings. The zero-order valence-electron chi connectivity index (χ0n) is 4.64. The highest BCUT2D eigenvalue weighted by Gasteiger charge is 2.10. The van der Waals surface area contributed by atoms with Crippen molar-refractivity contribution in [2.24, 2.45) is 0 Å². The van der Waals surface area contributed by atoms with Gasteiger partial charge in [0.05, 0.1) is 12.4 Å². The van der Waals surface area contributed by atoms with Gasteiger partial charge in [0, 0.05) is 0 Å². The van der Waals surface area contributed by atoms with Crippen molar-refractivity contribution in [3.8, 4) is 0 Å². The van der Waals surface area contributed by atoms with Crippen molar-refractivity contribution < 1.29 is 9.59 Å². The minimum Gasteiger partial charge on any atom is -0.338 e. The molecule has 2 N–H and O–H groups in total. The first-order valence-corrected chi connectivity index (χ1v) is 3.45. The smallest absolute Gasteiger partial charge is 0.280 e. The largest absolute Gasteiger partial charge is 0.338 e. The van der Waals surface area contributed by atoms with Crippen molar-refractivity contribution in [3.63, 3.8) is 0 Å². The SMILES string of the molecule is O=C1CSC(=O)NCN1. The van der Waals surface area contributed by atoms with Crippen molar-refractivity contribution in [1.82, 2.24) is 10.6 Å². The van der Waals surface area contributed by atoms with Crippen LogP contribution < -0.4 is 10.6 Å². The lowest BCUT2D eigenvalue weighted by atomic mass is 10.7. The van der Waals surface area contributed by atoms with Gasteiger partial charge in [0.25, 0.3) is 5.24 Å². The van der Waals surface area contributed by atoms with E-state index in [-0.39, 0.29) is 23.6 Å². The summed E-state index contributed by atoms with van der Waals surface area (Å²) in [6.07, 6.45) is 0. The molecule has 1 aliphatic rings. The first kappa shape index (κ1) is 6.41. The Morgan fingerprint density at radius 3 is 2.89 bits per heavy atom. The molecule has 0 unspecified atom stereocenters. The van der Waals surface area contributed by atoms with E-state index in [0.717, 1.165) is 11.8 Å². The van der Waals surface area contributed by atoms with Crippen LogP contribution in [0.1, 0.15) is 0 Å². The van der Waals surface area contributed by atoms with Gasteiger partial charge in [0.2, 0.25) is 5.91 Å². The Kier molecular flexibility index (Phi) is 1.94. The van der Waals surface area contributed by atoms with E-state index in [9.17, 15) is 9.59 Å². The fourth-order valence-electron chi connectivity index (χ4n) is 0.448. The molecule has 1 rings (SSSR count). The van der Waals surface area contributed by atoms with Crippen molar-refractivity contribution in [2.75, 3.05) is 12.4 Å². The summed E-state index contributed by atoms with van der Waals surface area (Å²) in [7, 11) is 0. The van der Waals surface area contributed by atoms with Crippen LogP contribution in [0.5, 0.6) is 0 Å². The summed E-state index contributed by atoms with van der Waals surface area (Å²) in [6, 6.07) is 0. The molecular weight excluding hydrogens is 140 g/mol. The Hall–Kier alpha value is -0.710. The van der Waals surface area contributed by atoms with Crippen LogP contribution >= 0.6 is 11.8 Å². The number of rotatable bonds is 0. The third kappa shape index (κ3) is 1.93. The summed E-state index contributed by atoms with van der Waals surface area (Å²) in [5.74, 6) is 0.129. The van der Waals surface area contributed by atoms with Crippen LogP contribution in [0.3, 0.4) is 0 Å². The molecule has 1 fully saturated rings. The van der Waals surface area contributed by atoms with Crippen LogP contribution in [0.15, 0.2) is 0 Å². The van der Waals surface area contributed by atoms with E-state index in [1.165, 1.54) is 0 Å². The van der Waals surface area contributed by atoms with E-state index in [1.807, 2.05) is 0 Å². The average Bonchev–Trinajstić information content (AvgIpc) is 1.97. The Morgan fingerprint density at radius 1 is 1.33 bits per heavy atom. The van der Waals surface area contributed by atoms with E-state index in [2.05, 4.69) is 10.6 Å². The Balaban J connectivity index is 2.43. The second-order valence-corrected chi connectivity index (χ2v) is 2.48. The number of carbonyl (C=O) groups excluding carboxylic acids is 2. The van der Waals surface area contributed by atoms with Gasteiger partial charge in [-0.15, -0.1) is 0 Å². The molecule has 0 aromatic carbocycles. The molecular formula is C4H6N2O2S. The summed E-state index contributed by atoms with van der Waals surface area (Å²) in [5.41, 5.74) is 0. The van der Waals surface area contributed by atoms with Gasteiger partial charge in [-0.2, -0.15) is 0 Å². The van der Waals surface area contributed by atoms with Crippen LogP contribution in [-0.4, -0.2) is 23.6 Å². The van der Waals surface area contributed by atoms with Crippen molar-refractivity contribution in [3.05, 3.63) is 0 Å². The van der Waals surface area contributed by atoms with Crippen LogP contribution in [-0.2, 0) is 4.79 Å². The van der Waals surface area contributed by atoms with Gasteiger partial charge in [-0.1, -0.05) is 11.8 Å². The average molecular weight is 146 g/mol. The summed E-state index contributed by atoms with van der Waals surface area (Å²) in [5, 5.41) is 4.81. The fraction of sp³-hybridized carbons (Fsp3) is 0.500. The molecule has 0 atom stereocenters. The predicted octanol–water partition coefficient (Wildman–Crippen LogP) is -0.483. The molecule has 4 nitrogen and oxygen atoms in total. The monoisotopic (exact) mass is 146 g/mol. The molecule has 1 heterocycles. The molecule has 2 amide bonds. The molecule has 0 bridgehead atoms. The molecule has 9 heavy (non-hydrogen) atoms. The normalized spacial score (nSPS) is 20.0. The quantitative estimate of drug-likeness (QED) is 0.485. The van der Waals surface area contributed by atoms with Gasteiger partial charge < -0.3 is 10.6 Å². The molecule has 0 aliphatic carbocycles. The lowest BCUT2D eigenvalue weighted by Gasteiger charge is -1.95. The van der Waals surface area contributed by atoms with E-state index >= 15 is 0 Å². The second-order valence-electron chi connectivity index (χ2n) is 1.53. The van der Waals surface area contributed by atoms with Crippen LogP contribution in [0, 0.1) is 0 Å².